The number of carbonyl (C=O) groups is 3. The number of amides is 3. The van der Waals surface area contributed by atoms with Gasteiger partial charge in [-0.15, -0.1) is 0 Å². The predicted molar refractivity (Wildman–Crippen MR) is 106 cm³/mol. The first-order valence-electron chi connectivity index (χ1n) is 9.35. The summed E-state index contributed by atoms with van der Waals surface area (Å²) in [6.45, 7) is -0.0403. The number of benzene rings is 2. The molecule has 1 saturated heterocycles. The van der Waals surface area contributed by atoms with Gasteiger partial charge in [0.1, 0.15) is 5.75 Å². The highest BCUT2D eigenvalue weighted by Crippen LogP contribution is 2.20. The largest absolute Gasteiger partial charge is 0.497 e. The quantitative estimate of drug-likeness (QED) is 0.454. The molecule has 1 aliphatic rings. The van der Waals surface area contributed by atoms with Crippen molar-refractivity contribution in [1.82, 2.24) is 20.4 Å². The van der Waals surface area contributed by atoms with Gasteiger partial charge in [-0.25, -0.2) is 9.59 Å². The molecule has 3 aromatic rings. The Balaban J connectivity index is 1.33. The highest BCUT2D eigenvalue weighted by Gasteiger charge is 2.28. The molecule has 158 valence electrons. The van der Waals surface area contributed by atoms with E-state index < -0.39 is 12.0 Å². The summed E-state index contributed by atoms with van der Waals surface area (Å²) in [5.41, 5.74) is 1.77. The maximum atomic E-state index is 12.3. The molecule has 1 N–H and O–H groups in total. The Morgan fingerprint density at radius 2 is 1.87 bits per heavy atom. The molecule has 10 heteroatoms. The third-order valence-corrected chi connectivity index (χ3v) is 4.61. The normalized spacial score (nSPS) is 13.3. The van der Waals surface area contributed by atoms with Crippen LogP contribution in [0.5, 0.6) is 5.75 Å². The molecule has 0 radical (unpaired) electrons. The van der Waals surface area contributed by atoms with Gasteiger partial charge in [0, 0.05) is 5.56 Å². The Hall–Kier alpha value is -4.21. The van der Waals surface area contributed by atoms with Crippen LogP contribution in [0, 0.1) is 0 Å². The summed E-state index contributed by atoms with van der Waals surface area (Å²) in [7, 11) is 1.58. The number of urea groups is 1. The molecule has 0 spiro atoms. The van der Waals surface area contributed by atoms with Crippen LogP contribution in [0.1, 0.15) is 21.8 Å². The van der Waals surface area contributed by atoms with Crippen LogP contribution in [0.15, 0.2) is 53.1 Å². The fourth-order valence-electron chi connectivity index (χ4n) is 2.93. The zero-order valence-electron chi connectivity index (χ0n) is 16.5. The molecular weight excluding hydrogens is 404 g/mol. The molecule has 3 amide bonds. The van der Waals surface area contributed by atoms with Crippen LogP contribution in [-0.4, -0.2) is 46.6 Å². The maximum Gasteiger partial charge on any atom is 0.338 e. The molecule has 10 nitrogen and oxygen atoms in total. The van der Waals surface area contributed by atoms with Gasteiger partial charge in [-0.3, -0.25) is 9.69 Å². The van der Waals surface area contributed by atoms with Crippen molar-refractivity contribution in [3.8, 4) is 17.1 Å². The van der Waals surface area contributed by atoms with E-state index in [0.29, 0.717) is 22.7 Å². The topological polar surface area (TPSA) is 124 Å². The number of methoxy groups -OCH3 is 1. The van der Waals surface area contributed by atoms with Crippen LogP contribution >= 0.6 is 0 Å². The lowest BCUT2D eigenvalue weighted by atomic mass is 10.1. The second-order valence-corrected chi connectivity index (χ2v) is 6.65. The standard InChI is InChI=1S/C21H18N4O6/c1-29-16-8-6-14(7-9-16)19-23-17(31-24-19)12-30-20(27)15-4-2-13(3-5-15)11-25-18(26)10-22-21(25)28/h2-9H,10-12H2,1H3,(H,22,28). The van der Waals surface area contributed by atoms with E-state index in [-0.39, 0.29) is 31.5 Å². The minimum atomic E-state index is -0.564. The summed E-state index contributed by atoms with van der Waals surface area (Å²) in [5.74, 6) is 0.392. The van der Waals surface area contributed by atoms with Crippen molar-refractivity contribution < 1.29 is 28.4 Å². The van der Waals surface area contributed by atoms with E-state index in [1.807, 2.05) is 0 Å². The van der Waals surface area contributed by atoms with Gasteiger partial charge in [0.15, 0.2) is 6.61 Å². The molecule has 1 aliphatic heterocycles. The minimum Gasteiger partial charge on any atom is -0.497 e. The van der Waals surface area contributed by atoms with Crippen molar-refractivity contribution in [2.24, 2.45) is 0 Å². The molecule has 1 aromatic heterocycles. The van der Waals surface area contributed by atoms with Gasteiger partial charge < -0.3 is 19.3 Å². The third-order valence-electron chi connectivity index (χ3n) is 4.61. The smallest absolute Gasteiger partial charge is 0.338 e. The summed E-state index contributed by atoms with van der Waals surface area (Å²) in [6.07, 6.45) is 0. The number of hydrogen-bond donors (Lipinski definition) is 1. The number of rotatable bonds is 7. The Morgan fingerprint density at radius 3 is 2.52 bits per heavy atom. The molecule has 1 fully saturated rings. The third kappa shape index (κ3) is 4.53. The molecule has 0 saturated carbocycles. The highest BCUT2D eigenvalue weighted by molar-refractivity contribution is 6.01. The van der Waals surface area contributed by atoms with Gasteiger partial charge in [-0.2, -0.15) is 4.98 Å². The lowest BCUT2D eigenvalue weighted by Gasteiger charge is -2.12. The predicted octanol–water partition coefficient (Wildman–Crippen LogP) is 2.15. The second kappa shape index (κ2) is 8.66. The van der Waals surface area contributed by atoms with Crippen LogP contribution in [0.25, 0.3) is 11.4 Å². The second-order valence-electron chi connectivity index (χ2n) is 6.65. The SMILES string of the molecule is COc1ccc(-c2noc(COC(=O)c3ccc(CN4C(=O)CNC4=O)cc3)n2)cc1. The lowest BCUT2D eigenvalue weighted by Crippen LogP contribution is -2.30. The molecule has 0 aliphatic carbocycles. The van der Waals surface area contributed by atoms with Crippen molar-refractivity contribution >= 4 is 17.9 Å². The lowest BCUT2D eigenvalue weighted by molar-refractivity contribution is -0.125. The molecular formula is C21H18N4O6. The first-order valence-corrected chi connectivity index (χ1v) is 9.35. The van der Waals surface area contributed by atoms with Crippen LogP contribution in [-0.2, 0) is 22.7 Å². The number of hydrogen-bond acceptors (Lipinski definition) is 8. The van der Waals surface area contributed by atoms with E-state index in [2.05, 4.69) is 15.5 Å². The first-order chi connectivity index (χ1) is 15.0. The first kappa shape index (κ1) is 20.1. The van der Waals surface area contributed by atoms with E-state index in [9.17, 15) is 14.4 Å². The monoisotopic (exact) mass is 422 g/mol. The highest BCUT2D eigenvalue weighted by atomic mass is 16.6. The van der Waals surface area contributed by atoms with E-state index in [1.54, 1.807) is 55.6 Å². The molecule has 0 unspecified atom stereocenters. The summed E-state index contributed by atoms with van der Waals surface area (Å²) < 4.78 is 15.5. The van der Waals surface area contributed by atoms with Crippen molar-refractivity contribution in [3.05, 3.63) is 65.5 Å². The van der Waals surface area contributed by atoms with Gasteiger partial charge in [0.25, 0.3) is 5.89 Å². The molecule has 4 rings (SSSR count). The zero-order valence-corrected chi connectivity index (χ0v) is 16.5. The summed E-state index contributed by atoms with van der Waals surface area (Å²) in [4.78, 5) is 40.8. The number of aromatic nitrogens is 2. The van der Waals surface area contributed by atoms with E-state index >= 15 is 0 Å². The number of carbonyl (C=O) groups excluding carboxylic acids is 3. The van der Waals surface area contributed by atoms with Crippen LogP contribution in [0.4, 0.5) is 4.79 Å². The maximum absolute atomic E-state index is 12.3. The van der Waals surface area contributed by atoms with Crippen LogP contribution < -0.4 is 10.1 Å². The Kier molecular flexibility index (Phi) is 5.61. The summed E-state index contributed by atoms with van der Waals surface area (Å²) in [5, 5.41) is 6.34. The number of imide groups is 1. The molecule has 31 heavy (non-hydrogen) atoms. The van der Waals surface area contributed by atoms with Crippen molar-refractivity contribution in [1.29, 1.82) is 0 Å². The fourth-order valence-corrected chi connectivity index (χ4v) is 2.93. The van der Waals surface area contributed by atoms with Crippen molar-refractivity contribution in [2.45, 2.75) is 13.2 Å². The Bertz CT molecular complexity index is 1090. The average molecular weight is 422 g/mol. The number of nitrogens with one attached hydrogen (secondary N) is 1. The number of esters is 1. The van der Waals surface area contributed by atoms with Gasteiger partial charge >= 0.3 is 12.0 Å². The van der Waals surface area contributed by atoms with Crippen molar-refractivity contribution in [3.63, 3.8) is 0 Å². The van der Waals surface area contributed by atoms with Gasteiger partial charge in [-0.05, 0) is 42.0 Å². The Labute approximate surface area is 176 Å². The van der Waals surface area contributed by atoms with Gasteiger partial charge in [0.05, 0.1) is 25.8 Å². The summed E-state index contributed by atoms with van der Waals surface area (Å²) in [6, 6.07) is 13.2. The molecule has 2 heterocycles. The number of nitrogens with zero attached hydrogens (tertiary/aromatic N) is 3. The van der Waals surface area contributed by atoms with E-state index in [1.165, 1.54) is 0 Å². The fraction of sp³-hybridized carbons (Fsp3) is 0.190. The molecule has 2 aromatic carbocycles. The van der Waals surface area contributed by atoms with Crippen LogP contribution in [0.2, 0.25) is 0 Å². The van der Waals surface area contributed by atoms with Crippen LogP contribution in [0.3, 0.4) is 0 Å². The van der Waals surface area contributed by atoms with Gasteiger partial charge in [-0.1, -0.05) is 17.3 Å². The summed E-state index contributed by atoms with van der Waals surface area (Å²) >= 11 is 0. The minimum absolute atomic E-state index is 0.000899. The number of ether oxygens (including phenoxy) is 2. The zero-order chi connectivity index (χ0) is 21.8. The van der Waals surface area contributed by atoms with E-state index in [4.69, 9.17) is 14.0 Å². The molecule has 0 bridgehead atoms. The van der Waals surface area contributed by atoms with E-state index in [0.717, 1.165) is 10.5 Å². The average Bonchev–Trinajstić information content (AvgIpc) is 3.40. The van der Waals surface area contributed by atoms with Gasteiger partial charge in [0.2, 0.25) is 11.7 Å². The van der Waals surface area contributed by atoms with Crippen molar-refractivity contribution in [2.75, 3.05) is 13.7 Å². The molecule has 0 atom stereocenters. The Morgan fingerprint density at radius 1 is 1.13 bits per heavy atom.